The Hall–Kier alpha value is -9.75. The van der Waals surface area contributed by atoms with E-state index in [4.69, 9.17) is 34.4 Å². The molecule has 0 saturated heterocycles. The summed E-state index contributed by atoms with van der Waals surface area (Å²) in [5, 5.41) is 21.7. The number of fused-ring (bicyclic) bond motifs is 5. The first kappa shape index (κ1) is 71.1. The molecule has 0 aliphatic carbocycles. The summed E-state index contributed by atoms with van der Waals surface area (Å²) in [5.74, 6) is 2.74. The largest absolute Gasteiger partial charge is 0.510 e. The Kier molecular flexibility index (Phi) is 24.2. The molecule has 0 bridgehead atoms. The average Bonchev–Trinajstić information content (AvgIpc) is 1.70. The average molecular weight is 1350 g/mol. The van der Waals surface area contributed by atoms with Crippen molar-refractivity contribution in [3.05, 3.63) is 123 Å². The van der Waals surface area contributed by atoms with Gasteiger partial charge in [0.2, 0.25) is 54.2 Å². The molecule has 6 heterocycles. The van der Waals surface area contributed by atoms with Crippen LogP contribution in [-0.2, 0) is 112 Å². The number of pyridine rings is 2. The summed E-state index contributed by atoms with van der Waals surface area (Å²) >= 11 is 0. The third kappa shape index (κ3) is 19.2. The molecule has 4 aromatic heterocycles. The summed E-state index contributed by atoms with van der Waals surface area (Å²) in [5.41, 5.74) is 7.55. The quantitative estimate of drug-likeness (QED) is 0.0152. The number of para-hydroxylation sites is 1. The van der Waals surface area contributed by atoms with Gasteiger partial charge in [-0.05, 0) is 81.3 Å². The number of unbranched alkanes of at least 4 members (excludes halogenated alkanes) is 1. The maximum Gasteiger partial charge on any atom is 0.510 e. The van der Waals surface area contributed by atoms with Crippen LogP contribution in [0, 0.1) is 11.8 Å². The van der Waals surface area contributed by atoms with E-state index in [0.29, 0.717) is 59.5 Å². The molecule has 506 valence electrons. The molecule has 0 spiro atoms. The molecule has 6 amide bonds. The first-order chi connectivity index (χ1) is 45.3. The van der Waals surface area contributed by atoms with Crippen molar-refractivity contribution >= 4 is 78.2 Å². The number of nitrogens with zero attached hydrogens (tertiary/aromatic N) is 8. The van der Waals surface area contributed by atoms with Crippen LogP contribution in [-0.4, -0.2) is 168 Å². The Labute approximate surface area is 546 Å². The van der Waals surface area contributed by atoms with Crippen molar-refractivity contribution in [2.45, 2.75) is 121 Å². The predicted octanol–water partition coefficient (Wildman–Crippen LogP) is 2.00. The number of sulfonamides is 1. The number of ether oxygens (including phenoxy) is 5. The van der Waals surface area contributed by atoms with Gasteiger partial charge in [-0.1, -0.05) is 54.3 Å². The fraction of sp³-hybridized carbons (Fsp3) is 0.435. The second-order valence-electron chi connectivity index (χ2n) is 22.5. The predicted molar refractivity (Wildman–Crippen MR) is 340 cm³/mol. The Bertz CT molecular complexity index is 4190. The van der Waals surface area contributed by atoms with Crippen molar-refractivity contribution in [2.24, 2.45) is 5.73 Å². The van der Waals surface area contributed by atoms with E-state index in [0.717, 1.165) is 29.0 Å². The number of urea groups is 1. The molecule has 0 fully saturated rings. The van der Waals surface area contributed by atoms with E-state index in [1.54, 1.807) is 45.2 Å². The fourth-order valence-electron chi connectivity index (χ4n) is 10.5. The van der Waals surface area contributed by atoms with Gasteiger partial charge in [0.05, 0.1) is 73.3 Å². The smallest absolute Gasteiger partial charge is 0.457 e. The molecule has 7 N–H and O–H groups in total. The third-order valence-electron chi connectivity index (χ3n) is 15.2. The number of esters is 1. The van der Waals surface area contributed by atoms with Crippen LogP contribution >= 0.6 is 0 Å². The van der Waals surface area contributed by atoms with Gasteiger partial charge >= 0.3 is 18.2 Å². The maximum atomic E-state index is 14.4. The van der Waals surface area contributed by atoms with Crippen molar-refractivity contribution in [3.63, 3.8) is 0 Å². The number of hydrogen-bond acceptors (Lipinski definition) is 22. The standard InChI is InChI=1S/C62H74N14O17S2/c1-6-62(48-29-51-55-46(34-75(51)57(81)47(48)36-91-58(62)82)44(45-14-10-11-15-49(45)71-55)22-25-76(39(2)3)95(5,87)88)93-61(84)92-35-40-18-20-42(21-19-40)69-56(80)50(16-12-23-65-59(63)83)70-54(79)38-90-37-53(78)64-24-27-89-28-26-74-33-43(72-73-74)32-66-52(77)17-9-7-8-13-41-30-67-60(68-31-41)94(4,85)86/h10-11,14-15,18-21,29-31,33,39,50H,6-7,9,12,16-17,22-28,32,34-38H2,1-5H3,(H,64,78)(H,66,77)(H,69,80)(H,70,79)(H3,63,65,83)/t50-,62-/m0/s1. The minimum atomic E-state index is -3.55. The third-order valence-corrected chi connectivity index (χ3v) is 17.5. The van der Waals surface area contributed by atoms with Crippen LogP contribution in [0.15, 0.2) is 83.1 Å². The number of carbonyl (C=O) groups excluding carboxylic acids is 7. The van der Waals surface area contributed by atoms with Crippen LogP contribution in [0.3, 0.4) is 0 Å². The van der Waals surface area contributed by atoms with Crippen molar-refractivity contribution in [1.82, 2.24) is 60.1 Å². The molecule has 0 radical (unpaired) electrons. The van der Waals surface area contributed by atoms with E-state index in [9.17, 15) is 55.2 Å². The number of benzene rings is 2. The monoisotopic (exact) mass is 1350 g/mol. The highest BCUT2D eigenvalue weighted by atomic mass is 32.2. The number of carbonyl (C=O) groups is 7. The summed E-state index contributed by atoms with van der Waals surface area (Å²) in [6, 6.07) is 12.9. The summed E-state index contributed by atoms with van der Waals surface area (Å²) in [6.07, 6.45) is 6.84. The lowest BCUT2D eigenvalue weighted by molar-refractivity contribution is -0.175. The lowest BCUT2D eigenvalue weighted by Gasteiger charge is -2.35. The fourth-order valence-corrected chi connectivity index (χ4v) is 12.2. The van der Waals surface area contributed by atoms with Crippen LogP contribution in [0.2, 0.25) is 0 Å². The number of amides is 6. The number of nitrogens with one attached hydrogen (secondary N) is 5. The molecule has 33 heteroatoms. The number of anilines is 1. The van der Waals surface area contributed by atoms with Crippen LogP contribution in [0.1, 0.15) is 98.4 Å². The van der Waals surface area contributed by atoms with Gasteiger partial charge in [0.1, 0.15) is 38.2 Å². The highest BCUT2D eigenvalue weighted by Gasteiger charge is 2.51. The summed E-state index contributed by atoms with van der Waals surface area (Å²) in [6.45, 7) is 4.76. The van der Waals surface area contributed by atoms with E-state index in [2.05, 4.69) is 58.7 Å². The molecule has 2 aromatic carbocycles. The SMILES string of the molecule is CC[C@@]1(OC(=O)OCc2ccc(NC(=O)[C@H](CCCNC(N)=O)NC(=O)COCC(=O)NCCOCCn3cc(CNC(=O)CCCC#Cc4cnc(S(C)(=O)=O)nc4)nn3)cc2)C(=O)OCc2c1cc1n(c2=O)Cc2c-1nc1ccccc1c2CCN(C(C)C)S(C)(=O)=O. The number of primary amides is 1. The maximum absolute atomic E-state index is 14.4. The summed E-state index contributed by atoms with van der Waals surface area (Å²) < 4.78 is 80.7. The van der Waals surface area contributed by atoms with Crippen LogP contribution < -0.4 is 37.9 Å². The Morgan fingerprint density at radius 1 is 0.884 bits per heavy atom. The number of nitrogens with two attached hydrogens (primary N) is 1. The zero-order valence-electron chi connectivity index (χ0n) is 52.9. The van der Waals surface area contributed by atoms with Crippen LogP contribution in [0.4, 0.5) is 15.3 Å². The second-order valence-corrected chi connectivity index (χ2v) is 26.3. The first-order valence-corrected chi connectivity index (χ1v) is 34.1. The van der Waals surface area contributed by atoms with Crippen LogP contribution in [0.5, 0.6) is 0 Å². The van der Waals surface area contributed by atoms with Gasteiger partial charge in [0.15, 0.2) is 0 Å². The number of sulfone groups is 1. The molecule has 0 unspecified atom stereocenters. The first-order valence-electron chi connectivity index (χ1n) is 30.3. The summed E-state index contributed by atoms with van der Waals surface area (Å²) in [4.78, 5) is 117. The molecule has 31 nitrogen and oxygen atoms in total. The second kappa shape index (κ2) is 32.4. The highest BCUT2D eigenvalue weighted by molar-refractivity contribution is 7.90. The minimum absolute atomic E-state index is 0.0553. The molecular formula is C62H74N14O17S2. The van der Waals surface area contributed by atoms with Gasteiger partial charge in [0.25, 0.3) is 5.56 Å². The van der Waals surface area contributed by atoms with E-state index < -0.39 is 86.2 Å². The van der Waals surface area contributed by atoms with Gasteiger partial charge in [-0.15, -0.1) is 5.10 Å². The number of rotatable bonds is 32. The number of cyclic esters (lactones) is 1. The van der Waals surface area contributed by atoms with Crippen molar-refractivity contribution in [2.75, 3.05) is 63.9 Å². The van der Waals surface area contributed by atoms with Crippen molar-refractivity contribution in [1.29, 1.82) is 0 Å². The Morgan fingerprint density at radius 3 is 2.35 bits per heavy atom. The highest BCUT2D eigenvalue weighted by Crippen LogP contribution is 2.42. The van der Waals surface area contributed by atoms with E-state index >= 15 is 0 Å². The van der Waals surface area contributed by atoms with Crippen molar-refractivity contribution < 1.29 is 74.1 Å². The van der Waals surface area contributed by atoms with Gasteiger partial charge in [-0.2, -0.15) is 4.31 Å². The molecular weight excluding hydrogens is 1280 g/mol. The minimum Gasteiger partial charge on any atom is -0.457 e. The van der Waals surface area contributed by atoms with E-state index in [1.807, 2.05) is 24.3 Å². The van der Waals surface area contributed by atoms with E-state index in [1.165, 1.54) is 38.1 Å². The van der Waals surface area contributed by atoms with Crippen LogP contribution in [0.25, 0.3) is 22.3 Å². The molecule has 95 heavy (non-hydrogen) atoms. The lowest BCUT2D eigenvalue weighted by Crippen LogP contribution is -2.47. The molecule has 2 atom stereocenters. The van der Waals surface area contributed by atoms with Crippen molar-refractivity contribution in [3.8, 4) is 23.2 Å². The van der Waals surface area contributed by atoms with Gasteiger partial charge in [-0.25, -0.2) is 50.9 Å². The Balaban J connectivity index is 0.760. The zero-order chi connectivity index (χ0) is 68.5. The number of aromatic nitrogens is 7. The topological polar surface area (TPSA) is 415 Å². The lowest BCUT2D eigenvalue weighted by atomic mass is 9.85. The molecule has 2 aliphatic rings. The molecule has 0 saturated carbocycles. The zero-order valence-corrected chi connectivity index (χ0v) is 54.6. The molecule has 8 rings (SSSR count). The van der Waals surface area contributed by atoms with Gasteiger partial charge in [0, 0.05) is 79.4 Å². The molecule has 6 aromatic rings. The van der Waals surface area contributed by atoms with E-state index in [-0.39, 0.29) is 119 Å². The number of hydrogen-bond donors (Lipinski definition) is 6. The molecule has 2 aliphatic heterocycles. The summed E-state index contributed by atoms with van der Waals surface area (Å²) in [7, 11) is -7.06. The Morgan fingerprint density at radius 2 is 1.63 bits per heavy atom. The van der Waals surface area contributed by atoms with Gasteiger partial charge < -0.3 is 60.6 Å². The normalized spacial score (nSPS) is 14.3. The van der Waals surface area contributed by atoms with Gasteiger partial charge in [-0.3, -0.25) is 24.0 Å².